The van der Waals surface area contributed by atoms with Crippen molar-refractivity contribution in [2.75, 3.05) is 18.4 Å². The number of hydrogen-bond acceptors (Lipinski definition) is 4. The molecule has 3 nitrogen and oxygen atoms in total. The van der Waals surface area contributed by atoms with Crippen LogP contribution in [0.3, 0.4) is 0 Å². The highest BCUT2D eigenvalue weighted by atomic mass is 35.5. The monoisotopic (exact) mass is 403 g/mol. The Kier molecular flexibility index (Phi) is 6.26. The van der Waals surface area contributed by atoms with Gasteiger partial charge in [-0.25, -0.2) is 4.98 Å². The minimum atomic E-state index is 0. The summed E-state index contributed by atoms with van der Waals surface area (Å²) >= 11 is 7.78. The Labute approximate surface area is 168 Å². The maximum absolute atomic E-state index is 6.07. The van der Waals surface area contributed by atoms with Gasteiger partial charge in [0.1, 0.15) is 11.5 Å². The highest BCUT2D eigenvalue weighted by Gasteiger charge is 2.09. The molecule has 1 fully saturated rings. The normalized spacial score (nSPS) is 13.2. The smallest absolute Gasteiger partial charge is 0.136 e. The molecule has 26 heavy (non-hydrogen) atoms. The highest BCUT2D eigenvalue weighted by molar-refractivity contribution is 7.17. The minimum Gasteiger partial charge on any atom is -0.365 e. The first-order chi connectivity index (χ1) is 12.3. The van der Waals surface area contributed by atoms with Gasteiger partial charge in [-0.15, -0.1) is 23.7 Å². The molecule has 4 rings (SSSR count). The number of aromatic nitrogens is 1. The fourth-order valence-electron chi connectivity index (χ4n) is 2.96. The third kappa shape index (κ3) is 4.42. The molecule has 1 aliphatic rings. The second kappa shape index (κ2) is 8.64. The molecular formula is C20H19Cl2N3S. The van der Waals surface area contributed by atoms with E-state index in [4.69, 9.17) is 16.6 Å². The Hall–Kier alpha value is -1.93. The van der Waals surface area contributed by atoms with Crippen molar-refractivity contribution in [3.05, 3.63) is 58.1 Å². The summed E-state index contributed by atoms with van der Waals surface area (Å²) in [6.45, 7) is 2.81. The molecule has 1 N–H and O–H groups in total. The molecule has 6 heteroatoms. The van der Waals surface area contributed by atoms with Crippen molar-refractivity contribution in [3.63, 3.8) is 0 Å². The zero-order valence-electron chi connectivity index (χ0n) is 14.2. The fraction of sp³-hybridized carbons (Fsp3) is 0.250. The summed E-state index contributed by atoms with van der Waals surface area (Å²) in [6, 6.07) is 15.3. The molecule has 1 aromatic carbocycles. The molecule has 0 saturated carbocycles. The van der Waals surface area contributed by atoms with Crippen LogP contribution in [0.4, 0.5) is 5.82 Å². The van der Waals surface area contributed by atoms with Gasteiger partial charge < -0.3 is 10.2 Å². The van der Waals surface area contributed by atoms with Gasteiger partial charge in [-0.1, -0.05) is 23.7 Å². The number of benzene rings is 1. The van der Waals surface area contributed by atoms with Crippen molar-refractivity contribution < 1.29 is 0 Å². The van der Waals surface area contributed by atoms with E-state index in [1.807, 2.05) is 18.2 Å². The zero-order valence-corrected chi connectivity index (χ0v) is 16.6. The summed E-state index contributed by atoms with van der Waals surface area (Å²) in [4.78, 5) is 6.91. The second-order valence-corrected chi connectivity index (χ2v) is 7.49. The van der Waals surface area contributed by atoms with Crippen LogP contribution in [-0.2, 0) is 6.54 Å². The number of halogens is 2. The quantitative estimate of drug-likeness (QED) is 0.594. The van der Waals surface area contributed by atoms with E-state index in [1.54, 1.807) is 11.3 Å². The number of thiophene rings is 1. The maximum Gasteiger partial charge on any atom is 0.136 e. The number of nitrogens with zero attached hydrogens (tertiary/aromatic N) is 2. The van der Waals surface area contributed by atoms with Crippen LogP contribution in [0.15, 0.2) is 41.8 Å². The molecule has 0 radical (unpaired) electrons. The number of fused-ring (bicyclic) bond motifs is 1. The first kappa shape index (κ1) is 18.8. The van der Waals surface area contributed by atoms with Gasteiger partial charge in [-0.3, -0.25) is 0 Å². The topological polar surface area (TPSA) is 28.2 Å². The Morgan fingerprint density at radius 2 is 2.04 bits per heavy atom. The van der Waals surface area contributed by atoms with Crippen LogP contribution in [0.2, 0.25) is 5.02 Å². The second-order valence-electron chi connectivity index (χ2n) is 6.10. The van der Waals surface area contributed by atoms with Crippen molar-refractivity contribution in [1.29, 1.82) is 0 Å². The van der Waals surface area contributed by atoms with E-state index >= 15 is 0 Å². The summed E-state index contributed by atoms with van der Waals surface area (Å²) in [6.07, 6.45) is 2.47. The van der Waals surface area contributed by atoms with Gasteiger partial charge in [-0.05, 0) is 54.0 Å². The van der Waals surface area contributed by atoms with Crippen LogP contribution in [0.25, 0.3) is 10.1 Å². The van der Waals surface area contributed by atoms with Gasteiger partial charge >= 0.3 is 0 Å². The molecule has 1 aliphatic heterocycles. The van der Waals surface area contributed by atoms with Gasteiger partial charge in [-0.2, -0.15) is 0 Å². The summed E-state index contributed by atoms with van der Waals surface area (Å²) in [5.74, 6) is 4.11. The Bertz CT molecular complexity index is 952. The number of nitrogens with one attached hydrogen (secondary N) is 1. The predicted molar refractivity (Wildman–Crippen MR) is 113 cm³/mol. The number of pyridine rings is 1. The molecule has 0 unspecified atom stereocenters. The third-order valence-corrected chi connectivity index (χ3v) is 5.35. The summed E-state index contributed by atoms with van der Waals surface area (Å²) in [7, 11) is 0. The van der Waals surface area contributed by atoms with E-state index < -0.39 is 0 Å². The predicted octanol–water partition coefficient (Wildman–Crippen LogP) is 5.39. The summed E-state index contributed by atoms with van der Waals surface area (Å²) in [5, 5.41) is 7.42. The molecule has 0 aliphatic carbocycles. The van der Waals surface area contributed by atoms with Crippen LogP contribution in [-0.4, -0.2) is 23.0 Å². The van der Waals surface area contributed by atoms with Gasteiger partial charge in [0.2, 0.25) is 0 Å². The Morgan fingerprint density at radius 1 is 1.19 bits per heavy atom. The Balaban J connectivity index is 0.00000196. The number of rotatable bonds is 3. The minimum absolute atomic E-state index is 0. The number of likely N-dealkylation sites (tertiary alicyclic amines) is 1. The van der Waals surface area contributed by atoms with E-state index in [-0.39, 0.29) is 12.4 Å². The fourth-order valence-corrected chi connectivity index (χ4v) is 4.00. The van der Waals surface area contributed by atoms with Crippen LogP contribution in [0.1, 0.15) is 24.1 Å². The standard InChI is InChI=1S/C20H18ClN3S.ClH/c21-16-5-3-4-15(12-16)14-22-20-18-7-11-25-19(18)13-17(23-20)6-10-24-8-1-2-9-24;/h3-5,7,11-13H,1-2,8-9,14H2,(H,22,23);1H. The molecule has 3 aromatic rings. The van der Waals surface area contributed by atoms with E-state index in [0.29, 0.717) is 6.54 Å². The van der Waals surface area contributed by atoms with Gasteiger partial charge in [0.25, 0.3) is 0 Å². The van der Waals surface area contributed by atoms with Crippen LogP contribution < -0.4 is 5.32 Å². The molecule has 0 atom stereocenters. The maximum atomic E-state index is 6.07. The largest absolute Gasteiger partial charge is 0.365 e. The molecule has 0 bridgehead atoms. The van der Waals surface area contributed by atoms with Crippen LogP contribution >= 0.6 is 35.3 Å². The van der Waals surface area contributed by atoms with Crippen molar-refractivity contribution in [1.82, 2.24) is 9.88 Å². The van der Waals surface area contributed by atoms with Gasteiger partial charge in [0.15, 0.2) is 0 Å². The molecule has 1 saturated heterocycles. The van der Waals surface area contributed by atoms with Crippen molar-refractivity contribution in [2.45, 2.75) is 19.4 Å². The molecule has 3 heterocycles. The molecule has 134 valence electrons. The zero-order chi connectivity index (χ0) is 17.1. The lowest BCUT2D eigenvalue weighted by Crippen LogP contribution is -2.11. The molecular weight excluding hydrogens is 385 g/mol. The van der Waals surface area contributed by atoms with E-state index in [0.717, 1.165) is 40.6 Å². The first-order valence-electron chi connectivity index (χ1n) is 8.41. The van der Waals surface area contributed by atoms with Crippen molar-refractivity contribution in [2.24, 2.45) is 0 Å². The van der Waals surface area contributed by atoms with Crippen molar-refractivity contribution in [3.8, 4) is 12.0 Å². The average molecular weight is 404 g/mol. The van der Waals surface area contributed by atoms with E-state index in [2.05, 4.69) is 45.8 Å². The molecule has 0 amide bonds. The number of hydrogen-bond donors (Lipinski definition) is 1. The lowest BCUT2D eigenvalue weighted by molar-refractivity contribution is 0.496. The number of anilines is 1. The lowest BCUT2D eigenvalue weighted by atomic mass is 10.2. The third-order valence-electron chi connectivity index (χ3n) is 4.25. The Morgan fingerprint density at radius 3 is 2.85 bits per heavy atom. The van der Waals surface area contributed by atoms with Crippen molar-refractivity contribution >= 4 is 51.2 Å². The van der Waals surface area contributed by atoms with Gasteiger partial charge in [0.05, 0.1) is 0 Å². The summed E-state index contributed by atoms with van der Waals surface area (Å²) < 4.78 is 1.20. The summed E-state index contributed by atoms with van der Waals surface area (Å²) in [5.41, 5.74) is 1.95. The van der Waals surface area contributed by atoms with Gasteiger partial charge in [0, 0.05) is 40.8 Å². The SMILES string of the molecule is Cl.Clc1cccc(CNc2nc(C#CN3CCCC3)cc3sccc23)c1. The van der Waals surface area contributed by atoms with E-state index in [9.17, 15) is 0 Å². The molecule has 2 aromatic heterocycles. The molecule has 0 spiro atoms. The highest BCUT2D eigenvalue weighted by Crippen LogP contribution is 2.28. The lowest BCUT2D eigenvalue weighted by Gasteiger charge is -2.09. The van der Waals surface area contributed by atoms with Crippen LogP contribution in [0, 0.1) is 12.0 Å². The van der Waals surface area contributed by atoms with E-state index in [1.165, 1.54) is 17.5 Å². The van der Waals surface area contributed by atoms with Crippen LogP contribution in [0.5, 0.6) is 0 Å². The first-order valence-corrected chi connectivity index (χ1v) is 9.67. The average Bonchev–Trinajstić information content (AvgIpc) is 3.29.